The Morgan fingerprint density at radius 2 is 2.00 bits per heavy atom. The molecule has 1 aromatic heterocycles. The number of rotatable bonds is 2. The molecule has 2 nitrogen and oxygen atoms in total. The van der Waals surface area contributed by atoms with E-state index < -0.39 is 0 Å². The smallest absolute Gasteiger partial charge is 0.195 e. The minimum atomic E-state index is -0.138. The van der Waals surface area contributed by atoms with Crippen LogP contribution in [0.4, 0.5) is 5.69 Å². The number of nitrogens with two attached hydrogens (primary N) is 1. The van der Waals surface area contributed by atoms with E-state index >= 15 is 0 Å². The van der Waals surface area contributed by atoms with E-state index in [4.69, 9.17) is 28.9 Å². The SMILES string of the molecule is Cc1cc(C(=O)c2cc(Cl)sc2Cl)ccc1N. The topological polar surface area (TPSA) is 43.1 Å². The van der Waals surface area contributed by atoms with E-state index in [1.54, 1.807) is 24.3 Å². The van der Waals surface area contributed by atoms with Crippen LogP contribution in [0, 0.1) is 6.92 Å². The fraction of sp³-hybridized carbons (Fsp3) is 0.0833. The highest BCUT2D eigenvalue weighted by Gasteiger charge is 2.16. The number of halogens is 2. The Bertz CT molecular complexity index is 592. The van der Waals surface area contributed by atoms with Gasteiger partial charge in [-0.1, -0.05) is 23.2 Å². The van der Waals surface area contributed by atoms with E-state index in [2.05, 4.69) is 0 Å². The highest BCUT2D eigenvalue weighted by Crippen LogP contribution is 2.32. The highest BCUT2D eigenvalue weighted by atomic mass is 35.5. The lowest BCUT2D eigenvalue weighted by Crippen LogP contribution is -2.01. The summed E-state index contributed by atoms with van der Waals surface area (Å²) < 4.78 is 0.917. The Labute approximate surface area is 113 Å². The first kappa shape index (κ1) is 12.4. The zero-order chi connectivity index (χ0) is 12.6. The van der Waals surface area contributed by atoms with Crippen LogP contribution in [0.15, 0.2) is 24.3 Å². The molecule has 0 spiro atoms. The van der Waals surface area contributed by atoms with E-state index in [0.717, 1.165) is 5.56 Å². The molecule has 88 valence electrons. The van der Waals surface area contributed by atoms with Gasteiger partial charge in [0, 0.05) is 11.3 Å². The van der Waals surface area contributed by atoms with Gasteiger partial charge in [0.2, 0.25) is 0 Å². The van der Waals surface area contributed by atoms with Crippen molar-refractivity contribution in [2.24, 2.45) is 0 Å². The van der Waals surface area contributed by atoms with Crippen LogP contribution >= 0.6 is 34.5 Å². The molecule has 0 saturated heterocycles. The molecule has 1 aromatic carbocycles. The highest BCUT2D eigenvalue weighted by molar-refractivity contribution is 7.20. The number of carbonyl (C=O) groups is 1. The van der Waals surface area contributed by atoms with E-state index in [-0.39, 0.29) is 5.78 Å². The van der Waals surface area contributed by atoms with Crippen LogP contribution in [-0.4, -0.2) is 5.78 Å². The standard InChI is InChI=1S/C12H9Cl2NOS/c1-6-4-7(2-3-9(6)15)11(16)8-5-10(13)17-12(8)14/h2-5H,15H2,1H3. The van der Waals surface area contributed by atoms with Gasteiger partial charge in [-0.2, -0.15) is 0 Å². The first-order valence-corrected chi connectivity index (χ1v) is 6.42. The number of benzene rings is 1. The van der Waals surface area contributed by atoms with E-state index in [0.29, 0.717) is 25.5 Å². The van der Waals surface area contributed by atoms with Gasteiger partial charge in [0.1, 0.15) is 4.34 Å². The number of anilines is 1. The lowest BCUT2D eigenvalue weighted by Gasteiger charge is -2.03. The molecule has 0 aliphatic rings. The van der Waals surface area contributed by atoms with Crippen molar-refractivity contribution in [3.8, 4) is 0 Å². The molecule has 0 aliphatic heterocycles. The van der Waals surface area contributed by atoms with Crippen molar-refractivity contribution in [1.82, 2.24) is 0 Å². The molecule has 0 bridgehead atoms. The van der Waals surface area contributed by atoms with E-state index in [9.17, 15) is 4.79 Å². The molecule has 2 N–H and O–H groups in total. The Morgan fingerprint density at radius 1 is 1.29 bits per heavy atom. The molecule has 0 unspecified atom stereocenters. The van der Waals surface area contributed by atoms with Gasteiger partial charge >= 0.3 is 0 Å². The monoisotopic (exact) mass is 285 g/mol. The number of aryl methyl sites for hydroxylation is 1. The molecule has 17 heavy (non-hydrogen) atoms. The van der Waals surface area contributed by atoms with Crippen LogP contribution in [0.3, 0.4) is 0 Å². The molecule has 0 saturated carbocycles. The largest absolute Gasteiger partial charge is 0.399 e. The lowest BCUT2D eigenvalue weighted by atomic mass is 10.0. The molecule has 0 amide bonds. The number of hydrogen-bond donors (Lipinski definition) is 1. The average molecular weight is 286 g/mol. The second kappa shape index (κ2) is 4.69. The summed E-state index contributed by atoms with van der Waals surface area (Å²) in [4.78, 5) is 12.2. The number of ketones is 1. The molecule has 1 heterocycles. The van der Waals surface area contributed by atoms with Crippen molar-refractivity contribution in [2.75, 3.05) is 5.73 Å². The molecule has 0 radical (unpaired) electrons. The van der Waals surface area contributed by atoms with Crippen LogP contribution in [-0.2, 0) is 0 Å². The quantitative estimate of drug-likeness (QED) is 0.665. The molecule has 0 atom stereocenters. The van der Waals surface area contributed by atoms with Gasteiger partial charge in [-0.3, -0.25) is 4.79 Å². The summed E-state index contributed by atoms with van der Waals surface area (Å²) in [7, 11) is 0. The molecule has 2 aromatic rings. The van der Waals surface area contributed by atoms with Crippen LogP contribution in [0.5, 0.6) is 0 Å². The van der Waals surface area contributed by atoms with Crippen molar-refractivity contribution in [1.29, 1.82) is 0 Å². The summed E-state index contributed by atoms with van der Waals surface area (Å²) in [6.45, 7) is 1.86. The van der Waals surface area contributed by atoms with Gasteiger partial charge < -0.3 is 5.73 Å². The first-order valence-electron chi connectivity index (χ1n) is 4.84. The van der Waals surface area contributed by atoms with Gasteiger partial charge in [0.05, 0.1) is 9.90 Å². The van der Waals surface area contributed by atoms with Crippen molar-refractivity contribution < 1.29 is 4.79 Å². The number of thiophene rings is 1. The van der Waals surface area contributed by atoms with Gasteiger partial charge in [0.15, 0.2) is 5.78 Å². The fourth-order valence-electron chi connectivity index (χ4n) is 1.47. The predicted octanol–water partition coefficient (Wildman–Crippen LogP) is 4.18. The normalized spacial score (nSPS) is 10.5. The summed E-state index contributed by atoms with van der Waals surface area (Å²) in [5, 5.41) is 0. The Hall–Kier alpha value is -1.03. The predicted molar refractivity (Wildman–Crippen MR) is 73.4 cm³/mol. The minimum Gasteiger partial charge on any atom is -0.399 e. The van der Waals surface area contributed by atoms with Crippen molar-refractivity contribution >= 4 is 46.0 Å². The van der Waals surface area contributed by atoms with Gasteiger partial charge in [-0.25, -0.2) is 0 Å². The summed E-state index contributed by atoms with van der Waals surface area (Å²) >= 11 is 12.9. The summed E-state index contributed by atoms with van der Waals surface area (Å²) in [5.74, 6) is -0.138. The van der Waals surface area contributed by atoms with Crippen molar-refractivity contribution in [3.63, 3.8) is 0 Å². The summed E-state index contributed by atoms with van der Waals surface area (Å²) in [6, 6.07) is 6.74. The third-order valence-electron chi connectivity index (χ3n) is 2.43. The Kier molecular flexibility index (Phi) is 3.43. The fourth-order valence-corrected chi connectivity index (χ4v) is 2.93. The second-order valence-electron chi connectivity index (χ2n) is 3.64. The maximum atomic E-state index is 12.2. The zero-order valence-corrected chi connectivity index (χ0v) is 11.3. The second-order valence-corrected chi connectivity index (χ2v) is 5.92. The molecular formula is C12H9Cl2NOS. The van der Waals surface area contributed by atoms with E-state index in [1.165, 1.54) is 11.3 Å². The minimum absolute atomic E-state index is 0.138. The number of carbonyl (C=O) groups excluding carboxylic acids is 1. The summed E-state index contributed by atoms with van der Waals surface area (Å²) in [6.07, 6.45) is 0. The van der Waals surface area contributed by atoms with E-state index in [1.807, 2.05) is 6.92 Å². The third kappa shape index (κ3) is 2.46. The zero-order valence-electron chi connectivity index (χ0n) is 8.96. The maximum Gasteiger partial charge on any atom is 0.195 e. The van der Waals surface area contributed by atoms with Crippen LogP contribution < -0.4 is 5.73 Å². The number of hydrogen-bond acceptors (Lipinski definition) is 3. The van der Waals surface area contributed by atoms with Gasteiger partial charge in [0.25, 0.3) is 0 Å². The maximum absolute atomic E-state index is 12.2. The lowest BCUT2D eigenvalue weighted by molar-refractivity contribution is 0.103. The Morgan fingerprint density at radius 3 is 2.53 bits per heavy atom. The first-order chi connectivity index (χ1) is 7.99. The molecule has 2 rings (SSSR count). The molecular weight excluding hydrogens is 277 g/mol. The molecule has 5 heteroatoms. The summed E-state index contributed by atoms with van der Waals surface area (Å²) in [5.41, 5.74) is 8.24. The van der Waals surface area contributed by atoms with Crippen LogP contribution in [0.2, 0.25) is 8.67 Å². The van der Waals surface area contributed by atoms with Gasteiger partial charge in [-0.05, 0) is 36.8 Å². The van der Waals surface area contributed by atoms with Gasteiger partial charge in [-0.15, -0.1) is 11.3 Å². The van der Waals surface area contributed by atoms with Crippen LogP contribution in [0.1, 0.15) is 21.5 Å². The Balaban J connectivity index is 2.44. The molecule has 0 aliphatic carbocycles. The third-order valence-corrected chi connectivity index (χ3v) is 3.92. The van der Waals surface area contributed by atoms with Crippen LogP contribution in [0.25, 0.3) is 0 Å². The van der Waals surface area contributed by atoms with Crippen molar-refractivity contribution in [3.05, 3.63) is 49.6 Å². The molecule has 0 fully saturated rings. The van der Waals surface area contributed by atoms with Crippen molar-refractivity contribution in [2.45, 2.75) is 6.92 Å². The number of nitrogen functional groups attached to an aromatic ring is 1. The average Bonchev–Trinajstić information content (AvgIpc) is 2.61.